The van der Waals surface area contributed by atoms with Crippen molar-refractivity contribution in [2.75, 3.05) is 142 Å². The number of fused-ring (bicyclic) bond motifs is 2. The monoisotopic (exact) mass is 1290 g/mol. The number of nitrogens with two attached hydrogens (primary N) is 1. The number of carbonyl (C=O) groups is 7. The van der Waals surface area contributed by atoms with Gasteiger partial charge in [0, 0.05) is 85.0 Å². The molecule has 3 aromatic heterocycles. The summed E-state index contributed by atoms with van der Waals surface area (Å²) in [5.74, 6) is -1.29. The second-order valence-electron chi connectivity index (χ2n) is 23.2. The van der Waals surface area contributed by atoms with Crippen molar-refractivity contribution in [3.63, 3.8) is 0 Å². The number of anilines is 3. The molecule has 0 aliphatic carbocycles. The van der Waals surface area contributed by atoms with Crippen LogP contribution < -0.4 is 36.5 Å². The number of nitrogens with zero attached hydrogens (tertiary/aromatic N) is 9. The molecule has 3 fully saturated rings. The van der Waals surface area contributed by atoms with E-state index in [0.29, 0.717) is 138 Å². The maximum Gasteiger partial charge on any atom is 0.340 e. The number of methoxy groups -OCH3 is 1. The molecule has 0 atom stereocenters. The highest BCUT2D eigenvalue weighted by molar-refractivity contribution is 6.34. The number of quaternary nitrogens is 1. The van der Waals surface area contributed by atoms with E-state index < -0.39 is 23.7 Å². The molecule has 8 heterocycles. The van der Waals surface area contributed by atoms with E-state index >= 15 is 0 Å². The minimum absolute atomic E-state index is 0.0215. The zero-order chi connectivity index (χ0) is 64.4. The molecule has 5 aliphatic rings. The van der Waals surface area contributed by atoms with Crippen LogP contribution in [0.15, 0.2) is 67.0 Å². The molecule has 0 saturated carbocycles. The van der Waals surface area contributed by atoms with E-state index in [1.54, 1.807) is 21.9 Å². The first kappa shape index (κ1) is 66.7. The van der Waals surface area contributed by atoms with Gasteiger partial charge in [0.05, 0.1) is 116 Å². The van der Waals surface area contributed by atoms with Crippen LogP contribution in [0.4, 0.5) is 17.3 Å². The summed E-state index contributed by atoms with van der Waals surface area (Å²) in [5.41, 5.74) is 11.4. The number of aromatic nitrogens is 6. The number of nitrogens with one attached hydrogen (secondary N) is 4. The summed E-state index contributed by atoms with van der Waals surface area (Å²) in [6, 6.07) is 17.6. The van der Waals surface area contributed by atoms with Crippen molar-refractivity contribution >= 4 is 92.1 Å². The van der Waals surface area contributed by atoms with Crippen molar-refractivity contribution < 1.29 is 62.0 Å². The molecule has 3 saturated heterocycles. The Kier molecular flexibility index (Phi) is 23.5. The fourth-order valence-electron chi connectivity index (χ4n) is 12.4. The second kappa shape index (κ2) is 32.4. The maximum absolute atomic E-state index is 14.6. The summed E-state index contributed by atoms with van der Waals surface area (Å²) in [7, 11) is 1.21. The summed E-state index contributed by atoms with van der Waals surface area (Å²) in [5, 5.41) is 23.0. The van der Waals surface area contributed by atoms with Gasteiger partial charge in [-0.15, -0.1) is 9.69 Å². The van der Waals surface area contributed by atoms with Gasteiger partial charge in [0.25, 0.3) is 5.91 Å². The van der Waals surface area contributed by atoms with E-state index in [9.17, 15) is 33.6 Å². The first-order chi connectivity index (χ1) is 44.8. The summed E-state index contributed by atoms with van der Waals surface area (Å²) in [4.78, 5) is 105. The standard InChI is InChI=1S/C64H81ClN14O13/c1-87-59(85)41-69-55(81)40-68-56(82)42-77-51-7-5-6-48-49-37-52-46(36-50(49)65)38-71-78(52)79(24-16-45(17-25-79)61(74-77)60(48)51)58(84)13-12-54(80)67-19-27-89-29-31-91-33-35-92-34-32-90-30-28-88-26-18-57(83)76-22-14-44(15-23-76)43-8-10-47(11-9-43)72-64-62(63(66)86)70-39-53(73-64)75-20-3-2-4-21-75/h5-11,36-39,44-45H,2-4,12-35,40-42H2,1H3,(H5-,66,67,68,69,72,73,80,81,82,86)/p+1. The van der Waals surface area contributed by atoms with Gasteiger partial charge in [-0.25, -0.2) is 14.8 Å². The normalized spacial score (nSPS) is 17.2. The van der Waals surface area contributed by atoms with Crippen LogP contribution in [0.2, 0.25) is 5.02 Å². The third kappa shape index (κ3) is 16.9. The van der Waals surface area contributed by atoms with Gasteiger partial charge in [-0.1, -0.05) is 40.7 Å². The van der Waals surface area contributed by atoms with Gasteiger partial charge in [0.2, 0.25) is 23.6 Å². The van der Waals surface area contributed by atoms with E-state index in [1.807, 2.05) is 47.4 Å². The van der Waals surface area contributed by atoms with Crippen LogP contribution in [-0.4, -0.2) is 208 Å². The number of piperidine rings is 3. The smallest absolute Gasteiger partial charge is 0.340 e. The molecule has 4 bridgehead atoms. The first-order valence-corrected chi connectivity index (χ1v) is 32.1. The summed E-state index contributed by atoms with van der Waals surface area (Å²) in [6.07, 6.45) is 9.82. The highest BCUT2D eigenvalue weighted by atomic mass is 35.5. The number of amides is 6. The van der Waals surface area contributed by atoms with Crippen LogP contribution in [0.1, 0.15) is 97.8 Å². The van der Waals surface area contributed by atoms with Crippen molar-refractivity contribution in [1.29, 1.82) is 0 Å². The van der Waals surface area contributed by atoms with E-state index in [0.717, 1.165) is 72.3 Å². The number of carbonyl (C=O) groups excluding carboxylic acids is 7. The second-order valence-corrected chi connectivity index (χ2v) is 23.6. The lowest BCUT2D eigenvalue weighted by molar-refractivity contribution is -0.142. The topological polar surface area (TPSA) is 317 Å². The zero-order valence-electron chi connectivity index (χ0n) is 52.0. The molecule has 0 unspecified atom stereocenters. The quantitative estimate of drug-likeness (QED) is 0.0222. The highest BCUT2D eigenvalue weighted by Gasteiger charge is 2.46. The zero-order valence-corrected chi connectivity index (χ0v) is 52.8. The van der Waals surface area contributed by atoms with Crippen LogP contribution in [0, 0.1) is 0 Å². The lowest BCUT2D eigenvalue weighted by Gasteiger charge is -2.39. The number of ether oxygens (including phenoxy) is 6. The molecule has 6 aromatic rings. The average molecular weight is 1290 g/mol. The Hall–Kier alpha value is -8.18. The van der Waals surface area contributed by atoms with Crippen LogP contribution >= 0.6 is 11.6 Å². The molecule has 492 valence electrons. The largest absolute Gasteiger partial charge is 0.468 e. The molecule has 0 spiro atoms. The van der Waals surface area contributed by atoms with Crippen molar-refractivity contribution in [2.45, 2.75) is 82.6 Å². The third-order valence-corrected chi connectivity index (χ3v) is 17.6. The number of esters is 1. The molecule has 11 rings (SSSR count). The van der Waals surface area contributed by atoms with Gasteiger partial charge in [0.1, 0.15) is 37.5 Å². The minimum atomic E-state index is -0.639. The van der Waals surface area contributed by atoms with Gasteiger partial charge >= 0.3 is 11.9 Å². The van der Waals surface area contributed by atoms with Gasteiger partial charge in [-0.3, -0.25) is 33.4 Å². The van der Waals surface area contributed by atoms with Crippen LogP contribution in [0.25, 0.3) is 32.9 Å². The number of halogens is 1. The number of primary amides is 1. The fourth-order valence-corrected chi connectivity index (χ4v) is 12.6. The Morgan fingerprint density at radius 1 is 0.674 bits per heavy atom. The summed E-state index contributed by atoms with van der Waals surface area (Å²) < 4.78 is 34.3. The fraction of sp³-hybridized carbons (Fsp3) is 0.516. The highest BCUT2D eigenvalue weighted by Crippen LogP contribution is 2.44. The van der Waals surface area contributed by atoms with Gasteiger partial charge in [-0.05, 0) is 79.5 Å². The van der Waals surface area contributed by atoms with E-state index in [2.05, 4.69) is 48.0 Å². The Morgan fingerprint density at radius 2 is 1.35 bits per heavy atom. The lowest BCUT2D eigenvalue weighted by atomic mass is 9.88. The van der Waals surface area contributed by atoms with Crippen molar-refractivity contribution in [3.8, 4) is 11.1 Å². The van der Waals surface area contributed by atoms with Gasteiger partial charge < -0.3 is 65.2 Å². The van der Waals surface area contributed by atoms with E-state index in [4.69, 9.17) is 56.2 Å². The average Bonchev–Trinajstić information content (AvgIpc) is 1.56. The molecule has 92 heavy (non-hydrogen) atoms. The molecular formula is C64H82ClN14O13+. The van der Waals surface area contributed by atoms with Crippen LogP contribution in [-0.2, 0) is 63.7 Å². The predicted octanol–water partition coefficient (Wildman–Crippen LogP) is 4.37. The van der Waals surface area contributed by atoms with Crippen LogP contribution in [0.3, 0.4) is 0 Å². The Balaban J connectivity index is 0.556. The molecule has 5 aliphatic heterocycles. The number of hydrogen-bond acceptors (Lipinski definition) is 19. The molecule has 6 amide bonds. The van der Waals surface area contributed by atoms with Crippen molar-refractivity contribution in [1.82, 2.24) is 55.1 Å². The number of likely N-dealkylation sites (tertiary alicyclic amines) is 1. The Bertz CT molecular complexity index is 3560. The van der Waals surface area contributed by atoms with Crippen molar-refractivity contribution in [2.24, 2.45) is 5.73 Å². The number of benzene rings is 3. The summed E-state index contributed by atoms with van der Waals surface area (Å²) in [6.45, 7) is 6.91. The molecule has 28 heteroatoms. The number of hydrogen-bond donors (Lipinski definition) is 5. The SMILES string of the molecule is COC(=O)CNC(=O)CNC(=O)Cn1nc2c3c(cccc31)-c1cc3c(cnn3[N+]3(C(=O)CCC(=O)NCCOCCOCCOCCOCCOCCC(=O)N4CCC(c5ccc(Nc6nc(N7CCCCC7)cnc6C(N)=O)cc5)CC4)CCC2CC3)cc1Cl. The lowest BCUT2D eigenvalue weighted by Crippen LogP contribution is -2.65. The Morgan fingerprint density at radius 3 is 2.03 bits per heavy atom. The third-order valence-electron chi connectivity index (χ3n) is 17.3. The van der Waals surface area contributed by atoms with E-state index in [-0.39, 0.29) is 79.6 Å². The molecule has 27 nitrogen and oxygen atoms in total. The molecule has 0 radical (unpaired) electrons. The van der Waals surface area contributed by atoms with Gasteiger partial charge in [-0.2, -0.15) is 5.10 Å². The van der Waals surface area contributed by atoms with Crippen LogP contribution in [0.5, 0.6) is 0 Å². The Labute approximate surface area is 537 Å². The maximum atomic E-state index is 14.6. The van der Waals surface area contributed by atoms with Crippen molar-refractivity contribution in [3.05, 3.63) is 89.0 Å². The molecular weight excluding hydrogens is 1210 g/mol. The number of rotatable bonds is 32. The first-order valence-electron chi connectivity index (χ1n) is 31.7. The van der Waals surface area contributed by atoms with E-state index in [1.165, 1.54) is 19.1 Å². The molecule has 3 aromatic carbocycles. The summed E-state index contributed by atoms with van der Waals surface area (Å²) >= 11 is 7.01. The minimum Gasteiger partial charge on any atom is -0.468 e. The predicted molar refractivity (Wildman–Crippen MR) is 342 cm³/mol. The van der Waals surface area contributed by atoms with Gasteiger partial charge in [0.15, 0.2) is 11.5 Å². The molecule has 6 N–H and O–H groups in total.